The molecule has 0 rings (SSSR count). The Morgan fingerprint density at radius 1 is 1.36 bits per heavy atom. The fraction of sp³-hybridized carbons (Fsp3) is 1.00. The second-order valence-corrected chi connectivity index (χ2v) is 5.31. The molecular formula is C6H14O4S. The molecule has 0 aliphatic rings. The van der Waals surface area contributed by atoms with Gasteiger partial charge in [-0.2, -0.15) is 8.42 Å². The van der Waals surface area contributed by atoms with Crippen LogP contribution in [0.3, 0.4) is 0 Å². The van der Waals surface area contributed by atoms with Gasteiger partial charge in [-0.25, -0.2) is 0 Å². The van der Waals surface area contributed by atoms with E-state index < -0.39 is 15.6 Å². The number of aliphatic hydroxyl groups excluding tert-OH is 1. The summed E-state index contributed by atoms with van der Waals surface area (Å²) in [5, 5.41) is 8.88. The molecule has 0 spiro atoms. The molecule has 2 N–H and O–H groups in total. The molecular weight excluding hydrogens is 168 g/mol. The Kier molecular flexibility index (Phi) is 3.05. The molecule has 11 heavy (non-hydrogen) atoms. The number of rotatable bonds is 2. The van der Waals surface area contributed by atoms with Crippen molar-refractivity contribution in [2.45, 2.75) is 32.6 Å². The highest BCUT2D eigenvalue weighted by atomic mass is 32.2. The molecule has 0 aliphatic heterocycles. The number of aliphatic hydroxyl groups is 1. The molecule has 0 heterocycles. The average Bonchev–Trinajstić information content (AvgIpc) is 1.56. The van der Waals surface area contributed by atoms with E-state index >= 15 is 0 Å². The molecule has 0 aliphatic carbocycles. The maximum absolute atomic E-state index is 10.3. The van der Waals surface area contributed by atoms with E-state index in [4.69, 9.17) is 9.66 Å². The van der Waals surface area contributed by atoms with Gasteiger partial charge in [0.1, 0.15) is 0 Å². The van der Waals surface area contributed by atoms with E-state index in [0.717, 1.165) is 0 Å². The SMILES string of the molecule is CC(C)(C)CC(O)S(=O)(=O)O. The number of hydrogen-bond donors (Lipinski definition) is 2. The molecule has 0 aromatic heterocycles. The molecule has 0 saturated carbocycles. The maximum atomic E-state index is 10.3. The lowest BCUT2D eigenvalue weighted by Crippen LogP contribution is -2.25. The van der Waals surface area contributed by atoms with Crippen LogP contribution < -0.4 is 0 Å². The summed E-state index contributed by atoms with van der Waals surface area (Å²) < 4.78 is 29.0. The van der Waals surface area contributed by atoms with Crippen molar-refractivity contribution in [1.82, 2.24) is 0 Å². The summed E-state index contributed by atoms with van der Waals surface area (Å²) in [5.41, 5.74) is -1.97. The molecule has 0 radical (unpaired) electrons. The largest absolute Gasteiger partial charge is 0.375 e. The molecule has 0 saturated heterocycles. The molecule has 68 valence electrons. The molecule has 1 unspecified atom stereocenters. The van der Waals surface area contributed by atoms with Gasteiger partial charge in [-0.15, -0.1) is 0 Å². The van der Waals surface area contributed by atoms with E-state index in [1.165, 1.54) is 0 Å². The lowest BCUT2D eigenvalue weighted by Gasteiger charge is -2.20. The second-order valence-electron chi connectivity index (χ2n) is 3.73. The van der Waals surface area contributed by atoms with Gasteiger partial charge in [0.05, 0.1) is 0 Å². The molecule has 0 aromatic rings. The van der Waals surface area contributed by atoms with Crippen molar-refractivity contribution in [1.29, 1.82) is 0 Å². The fourth-order valence-electron chi connectivity index (χ4n) is 0.629. The molecule has 0 bridgehead atoms. The van der Waals surface area contributed by atoms with E-state index in [-0.39, 0.29) is 11.8 Å². The third-order valence-corrected chi connectivity index (χ3v) is 1.99. The zero-order valence-corrected chi connectivity index (χ0v) is 7.72. The zero-order chi connectivity index (χ0) is 9.28. The van der Waals surface area contributed by atoms with Crippen LogP contribution in [0.4, 0.5) is 0 Å². The molecule has 0 aromatic carbocycles. The normalized spacial score (nSPS) is 16.5. The molecule has 0 fully saturated rings. The predicted octanol–water partition coefficient (Wildman–Crippen LogP) is 0.629. The highest BCUT2D eigenvalue weighted by Crippen LogP contribution is 2.22. The first-order valence-electron chi connectivity index (χ1n) is 3.27. The highest BCUT2D eigenvalue weighted by molar-refractivity contribution is 7.86. The Morgan fingerprint density at radius 2 is 1.73 bits per heavy atom. The Bertz CT molecular complexity index is 211. The van der Waals surface area contributed by atoms with Crippen molar-refractivity contribution in [2.24, 2.45) is 5.41 Å². The van der Waals surface area contributed by atoms with E-state index in [9.17, 15) is 8.42 Å². The summed E-state index contributed by atoms with van der Waals surface area (Å²) >= 11 is 0. The van der Waals surface area contributed by atoms with Gasteiger partial charge < -0.3 is 5.11 Å². The molecule has 4 nitrogen and oxygen atoms in total. The quantitative estimate of drug-likeness (QED) is 0.614. The van der Waals surface area contributed by atoms with Crippen LogP contribution in [0.5, 0.6) is 0 Å². The highest BCUT2D eigenvalue weighted by Gasteiger charge is 2.25. The van der Waals surface area contributed by atoms with Crippen LogP contribution in [-0.2, 0) is 10.1 Å². The van der Waals surface area contributed by atoms with E-state index in [0.29, 0.717) is 0 Å². The summed E-state index contributed by atoms with van der Waals surface area (Å²) in [7, 11) is -4.28. The van der Waals surface area contributed by atoms with Crippen molar-refractivity contribution in [2.75, 3.05) is 0 Å². The van der Waals surface area contributed by atoms with Gasteiger partial charge >= 0.3 is 0 Å². The summed E-state index contributed by atoms with van der Waals surface area (Å²) in [5.74, 6) is 0. The fourth-order valence-corrected chi connectivity index (χ4v) is 1.34. The first-order valence-corrected chi connectivity index (χ1v) is 4.77. The van der Waals surface area contributed by atoms with Crippen LogP contribution in [0.1, 0.15) is 27.2 Å². The van der Waals surface area contributed by atoms with Crippen LogP contribution in [0.2, 0.25) is 0 Å². The zero-order valence-electron chi connectivity index (χ0n) is 6.90. The maximum Gasteiger partial charge on any atom is 0.292 e. The third kappa shape index (κ3) is 5.17. The summed E-state index contributed by atoms with van der Waals surface area (Å²) in [6, 6.07) is 0. The van der Waals surface area contributed by atoms with Crippen molar-refractivity contribution < 1.29 is 18.1 Å². The Labute approximate surface area is 67.0 Å². The topological polar surface area (TPSA) is 74.6 Å². The van der Waals surface area contributed by atoms with Gasteiger partial charge in [-0.05, 0) is 11.8 Å². The minimum Gasteiger partial charge on any atom is -0.375 e. The molecule has 1 atom stereocenters. The lowest BCUT2D eigenvalue weighted by molar-refractivity contribution is 0.174. The van der Waals surface area contributed by atoms with Crippen LogP contribution >= 0.6 is 0 Å². The smallest absolute Gasteiger partial charge is 0.292 e. The lowest BCUT2D eigenvalue weighted by atomic mass is 9.93. The first-order chi connectivity index (χ1) is 4.63. The van der Waals surface area contributed by atoms with Crippen molar-refractivity contribution >= 4 is 10.1 Å². The van der Waals surface area contributed by atoms with E-state index in [2.05, 4.69) is 0 Å². The van der Waals surface area contributed by atoms with Crippen LogP contribution in [-0.4, -0.2) is 23.5 Å². The van der Waals surface area contributed by atoms with Gasteiger partial charge in [0.15, 0.2) is 5.44 Å². The number of hydrogen-bond acceptors (Lipinski definition) is 3. The van der Waals surface area contributed by atoms with Crippen LogP contribution in [0.25, 0.3) is 0 Å². The van der Waals surface area contributed by atoms with Gasteiger partial charge in [0.2, 0.25) is 0 Å². The Morgan fingerprint density at radius 3 is 1.82 bits per heavy atom. The van der Waals surface area contributed by atoms with E-state index in [1.807, 2.05) is 0 Å². The van der Waals surface area contributed by atoms with Crippen molar-refractivity contribution in [3.8, 4) is 0 Å². The second kappa shape index (κ2) is 3.08. The standard InChI is InChI=1S/C6H14O4S/c1-6(2,3)4-5(7)11(8,9)10/h5,7H,4H2,1-3H3,(H,8,9,10). The molecule has 5 heteroatoms. The first kappa shape index (κ1) is 10.9. The van der Waals surface area contributed by atoms with Gasteiger partial charge in [0, 0.05) is 0 Å². The van der Waals surface area contributed by atoms with Crippen molar-refractivity contribution in [3.05, 3.63) is 0 Å². The third-order valence-electron chi connectivity index (χ3n) is 1.13. The van der Waals surface area contributed by atoms with Gasteiger partial charge in [-0.1, -0.05) is 20.8 Å². The van der Waals surface area contributed by atoms with Crippen LogP contribution in [0, 0.1) is 5.41 Å². The molecule has 0 amide bonds. The van der Waals surface area contributed by atoms with Crippen molar-refractivity contribution in [3.63, 3.8) is 0 Å². The summed E-state index contributed by atoms with van der Waals surface area (Å²) in [6.45, 7) is 5.34. The van der Waals surface area contributed by atoms with E-state index in [1.54, 1.807) is 20.8 Å². The van der Waals surface area contributed by atoms with Gasteiger partial charge in [0.25, 0.3) is 10.1 Å². The van der Waals surface area contributed by atoms with Gasteiger partial charge in [-0.3, -0.25) is 4.55 Å². The minimum absolute atomic E-state index is 0.0336. The summed E-state index contributed by atoms with van der Waals surface area (Å²) in [6.07, 6.45) is 0.0336. The predicted molar refractivity (Wildman–Crippen MR) is 41.6 cm³/mol. The average molecular weight is 182 g/mol. The Hall–Kier alpha value is -0.130. The van der Waals surface area contributed by atoms with Crippen LogP contribution in [0.15, 0.2) is 0 Å². The monoisotopic (exact) mass is 182 g/mol. The minimum atomic E-state index is -4.28. The summed E-state index contributed by atoms with van der Waals surface area (Å²) in [4.78, 5) is 0. The Balaban J connectivity index is 4.22.